The molecule has 0 bridgehead atoms. The molecule has 1 fully saturated rings. The van der Waals surface area contributed by atoms with Crippen molar-refractivity contribution in [2.24, 2.45) is 0 Å². The summed E-state index contributed by atoms with van der Waals surface area (Å²) in [4.78, 5) is 4.27. The van der Waals surface area contributed by atoms with E-state index in [1.54, 1.807) is 0 Å². The lowest BCUT2D eigenvalue weighted by molar-refractivity contribution is 0.0210. The van der Waals surface area contributed by atoms with E-state index in [2.05, 4.69) is 15.5 Å². The topological polar surface area (TPSA) is 60.2 Å². The predicted octanol–water partition coefficient (Wildman–Crippen LogP) is 1.46. The molecular weight excluding hydrogens is 206 g/mol. The maximum atomic E-state index is 5.71. The molecule has 0 radical (unpaired) electrons. The molecule has 1 aromatic heterocycles. The van der Waals surface area contributed by atoms with Crippen LogP contribution in [0.3, 0.4) is 0 Å². The summed E-state index contributed by atoms with van der Waals surface area (Å²) in [6.07, 6.45) is 2.57. The van der Waals surface area contributed by atoms with E-state index in [4.69, 9.17) is 9.26 Å². The molecule has 1 N–H and O–H groups in total. The predicted molar refractivity (Wildman–Crippen MR) is 59.1 cm³/mol. The van der Waals surface area contributed by atoms with Gasteiger partial charge in [0.1, 0.15) is 6.61 Å². The van der Waals surface area contributed by atoms with Gasteiger partial charge >= 0.3 is 0 Å². The fraction of sp³-hybridized carbons (Fsp3) is 0.818. The Balaban J connectivity index is 1.79. The van der Waals surface area contributed by atoms with Gasteiger partial charge in [0, 0.05) is 12.5 Å². The van der Waals surface area contributed by atoms with Crippen molar-refractivity contribution in [1.82, 2.24) is 15.5 Å². The number of nitrogens with one attached hydrogen (secondary N) is 1. The van der Waals surface area contributed by atoms with Crippen molar-refractivity contribution >= 4 is 0 Å². The minimum absolute atomic E-state index is 0.276. The molecule has 0 spiro atoms. The number of piperidine rings is 1. The van der Waals surface area contributed by atoms with E-state index in [1.165, 1.54) is 6.42 Å². The Labute approximate surface area is 95.6 Å². The Morgan fingerprint density at radius 3 is 3.06 bits per heavy atom. The first-order chi connectivity index (χ1) is 7.75. The maximum absolute atomic E-state index is 5.71. The van der Waals surface area contributed by atoms with Crippen LogP contribution in [0.15, 0.2) is 4.52 Å². The molecule has 5 heteroatoms. The summed E-state index contributed by atoms with van der Waals surface area (Å²) in [5, 5.41) is 7.20. The maximum Gasteiger partial charge on any atom is 0.229 e. The summed E-state index contributed by atoms with van der Waals surface area (Å²) in [6.45, 7) is 6.53. The Morgan fingerprint density at radius 1 is 1.56 bits per heavy atom. The molecule has 1 aliphatic heterocycles. The summed E-state index contributed by atoms with van der Waals surface area (Å²) < 4.78 is 10.8. The molecular formula is C11H19N3O2. The van der Waals surface area contributed by atoms with E-state index in [0.29, 0.717) is 18.3 Å². The highest BCUT2D eigenvalue weighted by Gasteiger charge is 2.15. The van der Waals surface area contributed by atoms with Crippen LogP contribution < -0.4 is 5.32 Å². The van der Waals surface area contributed by atoms with Crippen LogP contribution in [0.25, 0.3) is 0 Å². The van der Waals surface area contributed by atoms with Crippen LogP contribution >= 0.6 is 0 Å². The molecule has 0 aliphatic carbocycles. The van der Waals surface area contributed by atoms with E-state index < -0.39 is 0 Å². The van der Waals surface area contributed by atoms with Crippen LogP contribution in [0.5, 0.6) is 0 Å². The largest absolute Gasteiger partial charge is 0.369 e. The first-order valence-electron chi connectivity index (χ1n) is 5.90. The van der Waals surface area contributed by atoms with Gasteiger partial charge in [-0.25, -0.2) is 0 Å². The fourth-order valence-corrected chi connectivity index (χ4v) is 1.72. The molecule has 0 aromatic carbocycles. The molecule has 1 atom stereocenters. The Hall–Kier alpha value is -0.940. The fourth-order valence-electron chi connectivity index (χ4n) is 1.72. The highest BCUT2D eigenvalue weighted by molar-refractivity contribution is 4.89. The number of rotatable bonds is 4. The Kier molecular flexibility index (Phi) is 3.90. The van der Waals surface area contributed by atoms with Crippen LogP contribution in [-0.2, 0) is 11.3 Å². The molecule has 16 heavy (non-hydrogen) atoms. The number of ether oxygens (including phenoxy) is 1. The first-order valence-corrected chi connectivity index (χ1v) is 5.90. The summed E-state index contributed by atoms with van der Waals surface area (Å²) in [5.41, 5.74) is 0. The van der Waals surface area contributed by atoms with Crippen LogP contribution in [0.2, 0.25) is 0 Å². The number of hydrogen-bond donors (Lipinski definition) is 1. The van der Waals surface area contributed by atoms with Gasteiger partial charge in [0.15, 0.2) is 5.82 Å². The number of hydrogen-bond acceptors (Lipinski definition) is 5. The average molecular weight is 225 g/mol. The van der Waals surface area contributed by atoms with E-state index in [0.717, 1.165) is 19.5 Å². The lowest BCUT2D eigenvalue weighted by atomic mass is 10.1. The summed E-state index contributed by atoms with van der Waals surface area (Å²) in [7, 11) is 0. The molecule has 1 unspecified atom stereocenters. The van der Waals surface area contributed by atoms with E-state index >= 15 is 0 Å². The SMILES string of the molecule is CC(C)c1nc(COC2CCCNC2)no1. The van der Waals surface area contributed by atoms with Crippen molar-refractivity contribution in [3.8, 4) is 0 Å². The van der Waals surface area contributed by atoms with Gasteiger partial charge in [-0.3, -0.25) is 0 Å². The van der Waals surface area contributed by atoms with Gasteiger partial charge in [-0.15, -0.1) is 0 Å². The van der Waals surface area contributed by atoms with Crippen LogP contribution in [0.4, 0.5) is 0 Å². The van der Waals surface area contributed by atoms with E-state index in [-0.39, 0.29) is 12.0 Å². The molecule has 5 nitrogen and oxygen atoms in total. The summed E-state index contributed by atoms with van der Waals surface area (Å²) in [5.74, 6) is 1.60. The molecule has 90 valence electrons. The Morgan fingerprint density at radius 2 is 2.44 bits per heavy atom. The molecule has 1 aliphatic rings. The van der Waals surface area contributed by atoms with Crippen LogP contribution in [-0.4, -0.2) is 29.3 Å². The molecule has 0 amide bonds. The highest BCUT2D eigenvalue weighted by Crippen LogP contribution is 2.12. The Bertz CT molecular complexity index is 319. The van der Waals surface area contributed by atoms with Gasteiger partial charge in [0.25, 0.3) is 0 Å². The smallest absolute Gasteiger partial charge is 0.229 e. The minimum atomic E-state index is 0.276. The summed E-state index contributed by atoms with van der Waals surface area (Å²) >= 11 is 0. The third-order valence-electron chi connectivity index (χ3n) is 2.68. The van der Waals surface area contributed by atoms with Crippen molar-refractivity contribution in [1.29, 1.82) is 0 Å². The van der Waals surface area contributed by atoms with Crippen molar-refractivity contribution in [2.75, 3.05) is 13.1 Å². The third-order valence-corrected chi connectivity index (χ3v) is 2.68. The van der Waals surface area contributed by atoms with Crippen LogP contribution in [0, 0.1) is 0 Å². The second-order valence-corrected chi connectivity index (χ2v) is 4.48. The highest BCUT2D eigenvalue weighted by atomic mass is 16.5. The van der Waals surface area contributed by atoms with Crippen molar-refractivity contribution in [3.63, 3.8) is 0 Å². The van der Waals surface area contributed by atoms with Gasteiger partial charge in [0.2, 0.25) is 5.89 Å². The first kappa shape index (κ1) is 11.5. The monoisotopic (exact) mass is 225 g/mol. The normalized spacial score (nSPS) is 21.6. The van der Waals surface area contributed by atoms with Gasteiger partial charge in [-0.05, 0) is 19.4 Å². The molecule has 1 saturated heterocycles. The minimum Gasteiger partial charge on any atom is -0.369 e. The van der Waals surface area contributed by atoms with E-state index in [9.17, 15) is 0 Å². The number of aromatic nitrogens is 2. The van der Waals surface area contributed by atoms with Crippen molar-refractivity contribution in [3.05, 3.63) is 11.7 Å². The second-order valence-electron chi connectivity index (χ2n) is 4.48. The van der Waals surface area contributed by atoms with Gasteiger partial charge in [-0.1, -0.05) is 19.0 Å². The van der Waals surface area contributed by atoms with Crippen molar-refractivity contribution in [2.45, 2.75) is 45.3 Å². The lowest BCUT2D eigenvalue weighted by Crippen LogP contribution is -2.35. The van der Waals surface area contributed by atoms with Gasteiger partial charge in [0.05, 0.1) is 6.10 Å². The second kappa shape index (κ2) is 5.41. The average Bonchev–Trinajstić information content (AvgIpc) is 2.76. The zero-order valence-electron chi connectivity index (χ0n) is 9.90. The zero-order chi connectivity index (χ0) is 11.4. The number of nitrogens with zero attached hydrogens (tertiary/aromatic N) is 2. The van der Waals surface area contributed by atoms with Gasteiger partial charge in [-0.2, -0.15) is 4.98 Å². The van der Waals surface area contributed by atoms with Gasteiger partial charge < -0.3 is 14.6 Å². The summed E-state index contributed by atoms with van der Waals surface area (Å²) in [6, 6.07) is 0. The molecule has 1 aromatic rings. The quantitative estimate of drug-likeness (QED) is 0.840. The van der Waals surface area contributed by atoms with Crippen LogP contribution in [0.1, 0.15) is 44.3 Å². The van der Waals surface area contributed by atoms with Crippen molar-refractivity contribution < 1.29 is 9.26 Å². The standard InChI is InChI=1S/C11H19N3O2/c1-8(2)11-13-10(14-16-11)7-15-9-4-3-5-12-6-9/h8-9,12H,3-7H2,1-2H3. The molecule has 2 heterocycles. The third kappa shape index (κ3) is 3.02. The lowest BCUT2D eigenvalue weighted by Gasteiger charge is -2.22. The molecule has 2 rings (SSSR count). The zero-order valence-corrected chi connectivity index (χ0v) is 9.90. The van der Waals surface area contributed by atoms with E-state index in [1.807, 2.05) is 13.8 Å². The molecule has 0 saturated carbocycles.